The van der Waals surface area contributed by atoms with Crippen molar-refractivity contribution in [3.8, 4) is 0 Å². The highest BCUT2D eigenvalue weighted by atomic mass is 35.5. The van der Waals surface area contributed by atoms with E-state index in [2.05, 4.69) is 4.99 Å². The summed E-state index contributed by atoms with van der Waals surface area (Å²) in [6.07, 6.45) is 0. The second kappa shape index (κ2) is 5.65. The van der Waals surface area contributed by atoms with Gasteiger partial charge in [0.05, 0.1) is 0 Å². The molecule has 0 aromatic carbocycles. The first-order valence-electron chi connectivity index (χ1n) is 1.86. The van der Waals surface area contributed by atoms with Crippen molar-refractivity contribution in [1.82, 2.24) is 0 Å². The topological polar surface area (TPSA) is 81.5 Å². The molecule has 0 spiro atoms. The summed E-state index contributed by atoms with van der Waals surface area (Å²) in [5, 5.41) is -0.571. The Labute approximate surface area is 63.7 Å². The average Bonchev–Trinajstić information content (AvgIpc) is 1.61. The fourth-order valence-corrected chi connectivity index (χ4v) is 0.213. The highest BCUT2D eigenvalue weighted by molar-refractivity contribution is 6.64. The molecule has 0 aromatic rings. The molecule has 6 heteroatoms. The molecule has 0 radical (unpaired) electrons. The van der Waals surface area contributed by atoms with Crippen molar-refractivity contribution in [2.45, 2.75) is 0 Å². The van der Waals surface area contributed by atoms with Gasteiger partial charge in [0.15, 0.2) is 5.96 Å². The Bertz CT molecular complexity index is 120. The Hall–Kier alpha value is -0.480. The van der Waals surface area contributed by atoms with Crippen LogP contribution < -0.4 is 11.5 Å². The van der Waals surface area contributed by atoms with Gasteiger partial charge in [-0.1, -0.05) is 0 Å². The second-order valence-corrected chi connectivity index (χ2v) is 1.52. The highest BCUT2D eigenvalue weighted by Crippen LogP contribution is 1.78. The van der Waals surface area contributed by atoms with Crippen molar-refractivity contribution in [2.75, 3.05) is 6.54 Å². The zero-order valence-electron chi connectivity index (χ0n) is 4.50. The third-order valence-electron chi connectivity index (χ3n) is 0.386. The van der Waals surface area contributed by atoms with E-state index in [1.54, 1.807) is 0 Å². The normalized spacial score (nSPS) is 7.22. The molecule has 0 aliphatic rings. The summed E-state index contributed by atoms with van der Waals surface area (Å²) in [6, 6.07) is 0. The van der Waals surface area contributed by atoms with E-state index in [1.165, 1.54) is 0 Å². The van der Waals surface area contributed by atoms with E-state index in [1.807, 2.05) is 0 Å². The van der Waals surface area contributed by atoms with Crippen molar-refractivity contribution < 1.29 is 4.79 Å². The van der Waals surface area contributed by atoms with Gasteiger partial charge >= 0.3 is 0 Å². The second-order valence-electron chi connectivity index (χ2n) is 1.10. The summed E-state index contributed by atoms with van der Waals surface area (Å²) in [5.74, 6) is -0.126. The zero-order chi connectivity index (χ0) is 6.57. The Balaban J connectivity index is 0. The molecule has 9 heavy (non-hydrogen) atoms. The van der Waals surface area contributed by atoms with Crippen LogP contribution in [0.1, 0.15) is 0 Å². The Morgan fingerprint density at radius 1 is 1.56 bits per heavy atom. The molecular weight excluding hydrogens is 165 g/mol. The number of aliphatic imine (C=N–C) groups is 1. The third-order valence-corrected chi connectivity index (χ3v) is 0.505. The lowest BCUT2D eigenvalue weighted by molar-refractivity contribution is -0.110. The van der Waals surface area contributed by atoms with Gasteiger partial charge in [-0.3, -0.25) is 4.79 Å². The molecule has 0 saturated carbocycles. The van der Waals surface area contributed by atoms with Gasteiger partial charge < -0.3 is 11.5 Å². The molecule has 0 amide bonds. The van der Waals surface area contributed by atoms with Gasteiger partial charge in [-0.15, -0.1) is 12.4 Å². The first-order valence-corrected chi connectivity index (χ1v) is 2.24. The fourth-order valence-electron chi connectivity index (χ4n) is 0.153. The summed E-state index contributed by atoms with van der Waals surface area (Å²) in [7, 11) is 0. The van der Waals surface area contributed by atoms with Gasteiger partial charge in [-0.2, -0.15) is 0 Å². The maximum atomic E-state index is 9.90. The van der Waals surface area contributed by atoms with Crippen LogP contribution in [0.5, 0.6) is 0 Å². The smallest absolute Gasteiger partial charge is 0.243 e. The Morgan fingerprint density at radius 2 is 2.00 bits per heavy atom. The van der Waals surface area contributed by atoms with Crippen LogP contribution in [0.2, 0.25) is 0 Å². The van der Waals surface area contributed by atoms with Crippen molar-refractivity contribution in [3.63, 3.8) is 0 Å². The fraction of sp³-hybridized carbons (Fsp3) is 0.333. The molecule has 4 nitrogen and oxygen atoms in total. The van der Waals surface area contributed by atoms with Crippen LogP contribution in [0, 0.1) is 0 Å². The van der Waals surface area contributed by atoms with Gasteiger partial charge in [-0.25, -0.2) is 4.99 Å². The molecule has 0 unspecified atom stereocenters. The van der Waals surface area contributed by atoms with E-state index in [4.69, 9.17) is 23.1 Å². The Morgan fingerprint density at radius 3 is 2.11 bits per heavy atom. The number of nitrogens with zero attached hydrogens (tertiary/aromatic N) is 1. The number of hydrogen-bond donors (Lipinski definition) is 2. The number of nitrogens with two attached hydrogens (primary N) is 2. The third kappa shape index (κ3) is 11.2. The van der Waals surface area contributed by atoms with Crippen LogP contribution in [0.25, 0.3) is 0 Å². The van der Waals surface area contributed by atoms with Crippen LogP contribution in [0.15, 0.2) is 4.99 Å². The molecular formula is C3H7Cl2N3O. The van der Waals surface area contributed by atoms with Crippen molar-refractivity contribution in [1.29, 1.82) is 0 Å². The SMILES string of the molecule is Cl.NC(N)=NCC(=O)Cl. The van der Waals surface area contributed by atoms with Crippen molar-refractivity contribution >= 4 is 35.2 Å². The van der Waals surface area contributed by atoms with Crippen molar-refractivity contribution in [2.24, 2.45) is 16.5 Å². The standard InChI is InChI=1S/C3H6ClN3O.ClH/c4-2(8)1-7-3(5)6;/h1H2,(H4,5,6,7);1H. The Kier molecular flexibility index (Phi) is 7.12. The lowest BCUT2D eigenvalue weighted by Gasteiger charge is -1.85. The average molecular weight is 172 g/mol. The first-order chi connectivity index (χ1) is 3.63. The zero-order valence-corrected chi connectivity index (χ0v) is 6.08. The predicted molar refractivity (Wildman–Crippen MR) is 38.8 cm³/mol. The number of guanidine groups is 1. The molecule has 0 aromatic heterocycles. The van der Waals surface area contributed by atoms with Crippen LogP contribution in [0.3, 0.4) is 0 Å². The maximum absolute atomic E-state index is 9.90. The van der Waals surface area contributed by atoms with Crippen LogP contribution in [-0.4, -0.2) is 17.7 Å². The molecule has 0 aliphatic carbocycles. The number of halogens is 2. The molecule has 0 heterocycles. The number of carbonyl (C=O) groups is 1. The molecule has 4 N–H and O–H groups in total. The van der Waals surface area contributed by atoms with E-state index in [-0.39, 0.29) is 24.9 Å². The van der Waals surface area contributed by atoms with E-state index in [9.17, 15) is 4.79 Å². The van der Waals surface area contributed by atoms with Crippen LogP contribution in [-0.2, 0) is 4.79 Å². The van der Waals surface area contributed by atoms with E-state index in [0.29, 0.717) is 0 Å². The van der Waals surface area contributed by atoms with E-state index in [0.717, 1.165) is 0 Å². The van der Waals surface area contributed by atoms with Gasteiger partial charge in [-0.05, 0) is 11.6 Å². The number of rotatable bonds is 2. The van der Waals surface area contributed by atoms with Gasteiger partial charge in [0.1, 0.15) is 6.54 Å². The summed E-state index contributed by atoms with van der Waals surface area (Å²) < 4.78 is 0. The molecule has 0 atom stereocenters. The highest BCUT2D eigenvalue weighted by Gasteiger charge is 1.89. The number of hydrogen-bond acceptors (Lipinski definition) is 2. The summed E-state index contributed by atoms with van der Waals surface area (Å²) in [6.45, 7) is -0.149. The van der Waals surface area contributed by atoms with E-state index < -0.39 is 5.24 Å². The molecule has 54 valence electrons. The predicted octanol–water partition coefficient (Wildman–Crippen LogP) is -0.553. The minimum atomic E-state index is -0.571. The molecule has 0 bridgehead atoms. The van der Waals surface area contributed by atoms with Crippen LogP contribution >= 0.6 is 24.0 Å². The largest absolute Gasteiger partial charge is 0.370 e. The molecule has 0 aliphatic heterocycles. The maximum Gasteiger partial charge on any atom is 0.243 e. The lowest BCUT2D eigenvalue weighted by atomic mass is 10.7. The minimum Gasteiger partial charge on any atom is -0.370 e. The summed E-state index contributed by atoms with van der Waals surface area (Å²) in [4.78, 5) is 13.2. The van der Waals surface area contributed by atoms with Crippen LogP contribution in [0.4, 0.5) is 0 Å². The minimum absolute atomic E-state index is 0. The van der Waals surface area contributed by atoms with E-state index >= 15 is 0 Å². The van der Waals surface area contributed by atoms with Gasteiger partial charge in [0.25, 0.3) is 0 Å². The summed E-state index contributed by atoms with van der Waals surface area (Å²) >= 11 is 4.86. The van der Waals surface area contributed by atoms with Crippen molar-refractivity contribution in [3.05, 3.63) is 0 Å². The molecule has 0 fully saturated rings. The first kappa shape index (κ1) is 11.3. The van der Waals surface area contributed by atoms with Gasteiger partial charge in [0.2, 0.25) is 5.24 Å². The quantitative estimate of drug-likeness (QED) is 0.333. The van der Waals surface area contributed by atoms with Gasteiger partial charge in [0, 0.05) is 0 Å². The monoisotopic (exact) mass is 171 g/mol. The molecule has 0 rings (SSSR count). The lowest BCUT2D eigenvalue weighted by Crippen LogP contribution is -2.23. The molecule has 0 saturated heterocycles. The number of carbonyl (C=O) groups excluding carboxylic acids is 1. The summed E-state index contributed by atoms with van der Waals surface area (Å²) in [5.41, 5.74) is 9.72.